The Bertz CT molecular complexity index is 157. The van der Waals surface area contributed by atoms with Gasteiger partial charge in [-0.25, -0.2) is 0 Å². The van der Waals surface area contributed by atoms with Crippen LogP contribution in [-0.2, 0) is 0 Å². The second-order valence-corrected chi connectivity index (χ2v) is 6.32. The third-order valence-corrected chi connectivity index (χ3v) is 4.43. The molecule has 3 unspecified atom stereocenters. The van der Waals surface area contributed by atoms with E-state index < -0.39 is 0 Å². The van der Waals surface area contributed by atoms with Crippen molar-refractivity contribution in [1.29, 1.82) is 0 Å². The van der Waals surface area contributed by atoms with Gasteiger partial charge in [-0.1, -0.05) is 67.7 Å². The normalized spacial score (nSPS) is 17.8. The van der Waals surface area contributed by atoms with Crippen molar-refractivity contribution < 1.29 is 0 Å². The van der Waals surface area contributed by atoms with Gasteiger partial charge in [0.2, 0.25) is 0 Å². The summed E-state index contributed by atoms with van der Waals surface area (Å²) in [7, 11) is 0. The van der Waals surface area contributed by atoms with Gasteiger partial charge in [0, 0.05) is 0 Å². The van der Waals surface area contributed by atoms with Gasteiger partial charge in [-0.3, -0.25) is 0 Å². The zero-order chi connectivity index (χ0) is 12.7. The maximum Gasteiger partial charge on any atom is -0.0360 e. The summed E-state index contributed by atoms with van der Waals surface area (Å²) in [6, 6.07) is 0. The molecule has 3 atom stereocenters. The lowest BCUT2D eigenvalue weighted by atomic mass is 9.73. The van der Waals surface area contributed by atoms with E-state index in [4.69, 9.17) is 0 Å². The molecule has 0 fully saturated rings. The van der Waals surface area contributed by atoms with E-state index >= 15 is 0 Å². The molecule has 0 saturated carbocycles. The third-order valence-electron chi connectivity index (χ3n) is 4.43. The minimum Gasteiger partial charge on any atom is -0.0654 e. The average Bonchev–Trinajstić information content (AvgIpc) is 2.22. The molecule has 0 aromatic heterocycles. The number of hydrogen-bond acceptors (Lipinski definition) is 0. The quantitative estimate of drug-likeness (QED) is 0.493. The summed E-state index contributed by atoms with van der Waals surface area (Å²) < 4.78 is 0. The van der Waals surface area contributed by atoms with E-state index in [9.17, 15) is 0 Å². The number of rotatable bonds is 8. The SMILES string of the molecule is CCCC(CC)C(CC(C)C(C)C)C(C)C. The fraction of sp³-hybridized carbons (Fsp3) is 1.00. The van der Waals surface area contributed by atoms with E-state index in [1.54, 1.807) is 0 Å². The summed E-state index contributed by atoms with van der Waals surface area (Å²) >= 11 is 0. The lowest BCUT2D eigenvalue weighted by Gasteiger charge is -2.33. The Morgan fingerprint density at radius 1 is 0.812 bits per heavy atom. The van der Waals surface area contributed by atoms with Crippen molar-refractivity contribution in [1.82, 2.24) is 0 Å². The summed E-state index contributed by atoms with van der Waals surface area (Å²) in [5.74, 6) is 4.44. The van der Waals surface area contributed by atoms with E-state index in [1.165, 1.54) is 25.7 Å². The summed E-state index contributed by atoms with van der Waals surface area (Å²) in [4.78, 5) is 0. The highest BCUT2D eigenvalue weighted by atomic mass is 14.3. The highest BCUT2D eigenvalue weighted by Crippen LogP contribution is 2.34. The van der Waals surface area contributed by atoms with Crippen LogP contribution in [0.2, 0.25) is 0 Å². The first-order valence-electron chi connectivity index (χ1n) is 7.43. The Labute approximate surface area is 104 Å². The first-order valence-corrected chi connectivity index (χ1v) is 7.43. The molecule has 0 heterocycles. The smallest absolute Gasteiger partial charge is 0.0360 e. The molecule has 16 heavy (non-hydrogen) atoms. The Kier molecular flexibility index (Phi) is 8.14. The first kappa shape index (κ1) is 16.0. The van der Waals surface area contributed by atoms with E-state index in [0.29, 0.717) is 0 Å². The molecule has 0 aliphatic rings. The van der Waals surface area contributed by atoms with E-state index in [2.05, 4.69) is 48.5 Å². The first-order chi connectivity index (χ1) is 7.43. The van der Waals surface area contributed by atoms with E-state index in [1.807, 2.05) is 0 Å². The van der Waals surface area contributed by atoms with Gasteiger partial charge in [0.1, 0.15) is 0 Å². The van der Waals surface area contributed by atoms with Crippen LogP contribution >= 0.6 is 0 Å². The van der Waals surface area contributed by atoms with Crippen molar-refractivity contribution >= 4 is 0 Å². The molecule has 0 heteroatoms. The van der Waals surface area contributed by atoms with Crippen LogP contribution in [0.15, 0.2) is 0 Å². The molecule has 0 aromatic carbocycles. The molecule has 0 amide bonds. The maximum atomic E-state index is 2.43. The van der Waals surface area contributed by atoms with Gasteiger partial charge in [-0.05, 0) is 36.0 Å². The molecule has 0 aromatic rings. The Morgan fingerprint density at radius 3 is 1.69 bits per heavy atom. The average molecular weight is 226 g/mol. The van der Waals surface area contributed by atoms with Gasteiger partial charge in [0.25, 0.3) is 0 Å². The van der Waals surface area contributed by atoms with Crippen molar-refractivity contribution in [3.63, 3.8) is 0 Å². The fourth-order valence-corrected chi connectivity index (χ4v) is 2.80. The van der Waals surface area contributed by atoms with Gasteiger partial charge in [-0.2, -0.15) is 0 Å². The molecule has 0 saturated heterocycles. The summed E-state index contributed by atoms with van der Waals surface area (Å²) in [6.07, 6.45) is 5.55. The molecule has 0 spiro atoms. The molecule has 0 nitrogen and oxygen atoms in total. The predicted molar refractivity (Wildman–Crippen MR) is 75.6 cm³/mol. The van der Waals surface area contributed by atoms with E-state index in [0.717, 1.165) is 29.6 Å². The summed E-state index contributed by atoms with van der Waals surface area (Å²) in [6.45, 7) is 16.7. The molecular formula is C16H34. The molecule has 0 N–H and O–H groups in total. The Morgan fingerprint density at radius 2 is 1.38 bits per heavy atom. The minimum atomic E-state index is 0.834. The molecule has 0 aliphatic carbocycles. The lowest BCUT2D eigenvalue weighted by Crippen LogP contribution is -2.23. The van der Waals surface area contributed by atoms with Crippen molar-refractivity contribution in [2.75, 3.05) is 0 Å². The zero-order valence-electron chi connectivity index (χ0n) is 12.7. The van der Waals surface area contributed by atoms with Crippen molar-refractivity contribution in [2.24, 2.45) is 29.6 Å². The second-order valence-electron chi connectivity index (χ2n) is 6.32. The van der Waals surface area contributed by atoms with Gasteiger partial charge < -0.3 is 0 Å². The third kappa shape index (κ3) is 5.37. The maximum absolute atomic E-state index is 2.43. The highest BCUT2D eigenvalue weighted by Gasteiger charge is 2.25. The largest absolute Gasteiger partial charge is 0.0654 e. The van der Waals surface area contributed by atoms with Crippen molar-refractivity contribution in [3.05, 3.63) is 0 Å². The Hall–Kier alpha value is 0. The van der Waals surface area contributed by atoms with Gasteiger partial charge >= 0.3 is 0 Å². The van der Waals surface area contributed by atoms with Gasteiger partial charge in [-0.15, -0.1) is 0 Å². The fourth-order valence-electron chi connectivity index (χ4n) is 2.80. The van der Waals surface area contributed by atoms with Crippen LogP contribution < -0.4 is 0 Å². The zero-order valence-corrected chi connectivity index (χ0v) is 12.7. The van der Waals surface area contributed by atoms with Gasteiger partial charge in [0.15, 0.2) is 0 Å². The molecule has 98 valence electrons. The second kappa shape index (κ2) is 8.14. The minimum absolute atomic E-state index is 0.834. The standard InChI is InChI=1S/C16H34/c1-8-10-15(9-2)16(13(5)6)11-14(7)12(3)4/h12-16H,8-11H2,1-7H3. The Balaban J connectivity index is 4.45. The highest BCUT2D eigenvalue weighted by molar-refractivity contribution is 4.75. The summed E-state index contributed by atoms with van der Waals surface area (Å²) in [5, 5.41) is 0. The van der Waals surface area contributed by atoms with Gasteiger partial charge in [0.05, 0.1) is 0 Å². The van der Waals surface area contributed by atoms with Crippen LogP contribution in [0.5, 0.6) is 0 Å². The monoisotopic (exact) mass is 226 g/mol. The summed E-state index contributed by atoms with van der Waals surface area (Å²) in [5.41, 5.74) is 0. The van der Waals surface area contributed by atoms with Crippen LogP contribution in [0.3, 0.4) is 0 Å². The van der Waals surface area contributed by atoms with Crippen LogP contribution in [-0.4, -0.2) is 0 Å². The molecule has 0 aliphatic heterocycles. The van der Waals surface area contributed by atoms with Crippen LogP contribution in [0.1, 0.15) is 74.1 Å². The molecule has 0 radical (unpaired) electrons. The lowest BCUT2D eigenvalue weighted by molar-refractivity contribution is 0.175. The number of hydrogen-bond donors (Lipinski definition) is 0. The van der Waals surface area contributed by atoms with Crippen LogP contribution in [0, 0.1) is 29.6 Å². The van der Waals surface area contributed by atoms with Crippen molar-refractivity contribution in [2.45, 2.75) is 74.1 Å². The molecule has 0 bridgehead atoms. The molecular weight excluding hydrogens is 192 g/mol. The predicted octanol–water partition coefficient (Wildman–Crippen LogP) is 5.77. The topological polar surface area (TPSA) is 0 Å². The van der Waals surface area contributed by atoms with Crippen LogP contribution in [0.4, 0.5) is 0 Å². The van der Waals surface area contributed by atoms with Crippen LogP contribution in [0.25, 0.3) is 0 Å². The molecule has 0 rings (SSSR count). The van der Waals surface area contributed by atoms with Crippen molar-refractivity contribution in [3.8, 4) is 0 Å². The van der Waals surface area contributed by atoms with E-state index in [-0.39, 0.29) is 0 Å².